The molecular weight excluding hydrogens is 574 g/mol. The smallest absolute Gasteiger partial charge is 0.406 e. The lowest BCUT2D eigenvalue weighted by molar-refractivity contribution is -0.884. The highest BCUT2D eigenvalue weighted by Crippen LogP contribution is 2.45. The van der Waals surface area contributed by atoms with Crippen molar-refractivity contribution < 1.29 is 23.9 Å². The fraction of sp³-hybridized carbons (Fsp3) is 0.444. The predicted molar refractivity (Wildman–Crippen MR) is 177 cm³/mol. The molecular formula is C36H47ClN3O4+. The summed E-state index contributed by atoms with van der Waals surface area (Å²) in [5.41, 5.74) is 4.23. The molecule has 0 radical (unpaired) electrons. The standard InChI is InChI=1S/C36H46ClN3O4/c1-6-26-11-7-12-29(23-26)33-31(14-8-15-32(33)37)36(43,20-10-21-38-35(42)44-5)30-13-9-22-39(24-30)34(41)28-18-16-27(17-19-28)25-40(2,3)4/h7-8,11-12,14-19,23,30,43H,6,9-10,13,20-22,24-25H2,1-5H3/p+1/t30-,36?/m1/s1. The summed E-state index contributed by atoms with van der Waals surface area (Å²) < 4.78 is 5.54. The zero-order valence-electron chi connectivity index (χ0n) is 26.7. The van der Waals surface area contributed by atoms with Gasteiger partial charge in [0.25, 0.3) is 5.91 Å². The lowest BCUT2D eigenvalue weighted by Crippen LogP contribution is -2.48. The number of aryl methyl sites for hydroxylation is 1. The quantitative estimate of drug-likeness (QED) is 0.186. The van der Waals surface area contributed by atoms with Crippen LogP contribution in [0.3, 0.4) is 0 Å². The SMILES string of the molecule is CCc1cccc(-c2c(Cl)cccc2C(O)(CCCNC(=O)OC)[C@@H]2CCCN(C(=O)c3ccc(C[N+](C)(C)C)cc3)C2)c1. The first kappa shape index (κ1) is 33.5. The Hall–Kier alpha value is -3.39. The van der Waals surface area contributed by atoms with Gasteiger partial charge < -0.3 is 24.5 Å². The molecule has 0 aliphatic carbocycles. The van der Waals surface area contributed by atoms with Crippen LogP contribution in [0.1, 0.15) is 59.7 Å². The van der Waals surface area contributed by atoms with Gasteiger partial charge in [-0.15, -0.1) is 0 Å². The van der Waals surface area contributed by atoms with Gasteiger partial charge in [-0.25, -0.2) is 4.79 Å². The lowest BCUT2D eigenvalue weighted by Gasteiger charge is -2.44. The first-order chi connectivity index (χ1) is 20.9. The number of methoxy groups -OCH3 is 1. The van der Waals surface area contributed by atoms with E-state index >= 15 is 0 Å². The number of aliphatic hydroxyl groups is 1. The number of quaternary nitrogens is 1. The number of carbonyl (C=O) groups excluding carboxylic acids is 2. The maximum Gasteiger partial charge on any atom is 0.406 e. The van der Waals surface area contributed by atoms with Crippen LogP contribution in [0.5, 0.6) is 0 Å². The van der Waals surface area contributed by atoms with Crippen molar-refractivity contribution in [2.45, 2.75) is 51.2 Å². The second kappa shape index (κ2) is 14.6. The van der Waals surface area contributed by atoms with Crippen molar-refractivity contribution in [3.63, 3.8) is 0 Å². The summed E-state index contributed by atoms with van der Waals surface area (Å²) >= 11 is 6.89. The number of amides is 2. The third-order valence-corrected chi connectivity index (χ3v) is 8.85. The van der Waals surface area contributed by atoms with Crippen LogP contribution in [-0.2, 0) is 23.3 Å². The number of nitrogens with zero attached hydrogens (tertiary/aromatic N) is 2. The van der Waals surface area contributed by atoms with Crippen molar-refractivity contribution in [2.75, 3.05) is 47.9 Å². The number of nitrogens with one attached hydrogen (secondary N) is 1. The Bertz CT molecular complexity index is 1440. The van der Waals surface area contributed by atoms with Crippen LogP contribution in [0, 0.1) is 5.92 Å². The molecule has 3 aromatic rings. The molecule has 1 fully saturated rings. The Kier molecular flexibility index (Phi) is 11.1. The molecule has 1 aliphatic rings. The Morgan fingerprint density at radius 3 is 2.48 bits per heavy atom. The minimum atomic E-state index is -1.30. The minimum absolute atomic E-state index is 0.0248. The molecule has 1 heterocycles. The van der Waals surface area contributed by atoms with Crippen LogP contribution >= 0.6 is 11.6 Å². The average Bonchev–Trinajstić information content (AvgIpc) is 3.02. The Morgan fingerprint density at radius 1 is 1.07 bits per heavy atom. The number of hydrogen-bond acceptors (Lipinski definition) is 4. The van der Waals surface area contributed by atoms with E-state index in [1.54, 1.807) is 0 Å². The molecule has 2 amide bonds. The van der Waals surface area contributed by atoms with Crippen molar-refractivity contribution in [1.29, 1.82) is 0 Å². The van der Waals surface area contributed by atoms with E-state index < -0.39 is 11.7 Å². The van der Waals surface area contributed by atoms with Crippen LogP contribution in [0.25, 0.3) is 11.1 Å². The van der Waals surface area contributed by atoms with Gasteiger partial charge in [0.1, 0.15) is 6.54 Å². The van der Waals surface area contributed by atoms with Gasteiger partial charge in [0.05, 0.1) is 33.9 Å². The molecule has 0 aromatic heterocycles. The second-order valence-corrected chi connectivity index (χ2v) is 13.3. The van der Waals surface area contributed by atoms with E-state index in [9.17, 15) is 14.7 Å². The number of ether oxygens (including phenoxy) is 1. The number of likely N-dealkylation sites (tertiary alicyclic amines) is 1. The normalized spacial score (nSPS) is 16.7. The first-order valence-electron chi connectivity index (χ1n) is 15.6. The summed E-state index contributed by atoms with van der Waals surface area (Å²) in [6, 6.07) is 21.9. The molecule has 2 N–H and O–H groups in total. The molecule has 44 heavy (non-hydrogen) atoms. The van der Waals surface area contributed by atoms with Gasteiger partial charge in [0.2, 0.25) is 0 Å². The highest BCUT2D eigenvalue weighted by atomic mass is 35.5. The van der Waals surface area contributed by atoms with Crippen LogP contribution in [0.2, 0.25) is 5.02 Å². The molecule has 1 unspecified atom stereocenters. The van der Waals surface area contributed by atoms with Crippen LogP contribution in [-0.4, -0.2) is 74.4 Å². The van der Waals surface area contributed by atoms with Gasteiger partial charge in [0, 0.05) is 47.3 Å². The van der Waals surface area contributed by atoms with Crippen molar-refractivity contribution in [3.05, 3.63) is 94.0 Å². The largest absolute Gasteiger partial charge is 0.453 e. The van der Waals surface area contributed by atoms with Crippen LogP contribution < -0.4 is 5.32 Å². The van der Waals surface area contributed by atoms with Gasteiger partial charge in [-0.05, 0) is 67.0 Å². The van der Waals surface area contributed by atoms with Crippen molar-refractivity contribution >= 4 is 23.6 Å². The van der Waals surface area contributed by atoms with E-state index in [2.05, 4.69) is 45.5 Å². The molecule has 2 atom stereocenters. The zero-order valence-corrected chi connectivity index (χ0v) is 27.5. The molecule has 0 bridgehead atoms. The summed E-state index contributed by atoms with van der Waals surface area (Å²) in [6.45, 7) is 4.40. The summed E-state index contributed by atoms with van der Waals surface area (Å²) in [5, 5.41) is 16.1. The molecule has 0 spiro atoms. The molecule has 8 heteroatoms. The minimum Gasteiger partial charge on any atom is -0.453 e. The monoisotopic (exact) mass is 620 g/mol. The summed E-state index contributed by atoms with van der Waals surface area (Å²) in [5.74, 6) is -0.259. The lowest BCUT2D eigenvalue weighted by atomic mass is 9.72. The number of benzene rings is 3. The Labute approximate surface area is 267 Å². The molecule has 3 aromatic carbocycles. The molecule has 7 nitrogen and oxygen atoms in total. The first-order valence-corrected chi connectivity index (χ1v) is 15.9. The third kappa shape index (κ3) is 8.20. The molecule has 1 aliphatic heterocycles. The van der Waals surface area contributed by atoms with Crippen LogP contribution in [0.15, 0.2) is 66.7 Å². The summed E-state index contributed by atoms with van der Waals surface area (Å²) in [6.07, 6.45) is 2.81. The summed E-state index contributed by atoms with van der Waals surface area (Å²) in [7, 11) is 7.77. The fourth-order valence-electron chi connectivity index (χ4n) is 6.34. The number of halogens is 1. The third-order valence-electron chi connectivity index (χ3n) is 8.54. The predicted octanol–water partition coefficient (Wildman–Crippen LogP) is 6.65. The van der Waals surface area contributed by atoms with Crippen molar-refractivity contribution in [2.24, 2.45) is 5.92 Å². The number of rotatable bonds is 11. The van der Waals surface area contributed by atoms with Gasteiger partial charge >= 0.3 is 6.09 Å². The summed E-state index contributed by atoms with van der Waals surface area (Å²) in [4.78, 5) is 27.4. The maximum absolute atomic E-state index is 13.7. The fourth-order valence-corrected chi connectivity index (χ4v) is 6.62. The number of carbonyl (C=O) groups is 2. The average molecular weight is 621 g/mol. The Balaban J connectivity index is 1.67. The van der Waals surface area contributed by atoms with E-state index in [4.69, 9.17) is 16.3 Å². The van der Waals surface area contributed by atoms with E-state index in [1.165, 1.54) is 18.2 Å². The zero-order chi connectivity index (χ0) is 31.9. The molecule has 0 saturated carbocycles. The molecule has 1 saturated heterocycles. The number of alkyl carbamates (subject to hydrolysis) is 1. The second-order valence-electron chi connectivity index (χ2n) is 12.9. The van der Waals surface area contributed by atoms with Crippen molar-refractivity contribution in [3.8, 4) is 11.1 Å². The maximum atomic E-state index is 13.7. The highest BCUT2D eigenvalue weighted by molar-refractivity contribution is 6.33. The molecule has 4 rings (SSSR count). The van der Waals surface area contributed by atoms with Crippen molar-refractivity contribution in [1.82, 2.24) is 10.2 Å². The number of piperidine rings is 1. The topological polar surface area (TPSA) is 78.9 Å². The molecule has 236 valence electrons. The van der Waals surface area contributed by atoms with Gasteiger partial charge in [0.15, 0.2) is 0 Å². The number of hydrogen-bond donors (Lipinski definition) is 2. The van der Waals surface area contributed by atoms with E-state index in [-0.39, 0.29) is 11.8 Å². The van der Waals surface area contributed by atoms with Gasteiger partial charge in [-0.1, -0.05) is 67.1 Å². The van der Waals surface area contributed by atoms with Crippen LogP contribution in [0.4, 0.5) is 4.79 Å². The van der Waals surface area contributed by atoms with E-state index in [0.29, 0.717) is 43.1 Å². The van der Waals surface area contributed by atoms with E-state index in [0.717, 1.165) is 47.0 Å². The van der Waals surface area contributed by atoms with E-state index in [1.807, 2.05) is 59.5 Å². The van der Waals surface area contributed by atoms with Gasteiger partial charge in [-0.3, -0.25) is 4.79 Å². The highest BCUT2D eigenvalue weighted by Gasteiger charge is 2.43. The Morgan fingerprint density at radius 2 is 1.80 bits per heavy atom. The van der Waals surface area contributed by atoms with Gasteiger partial charge in [-0.2, -0.15) is 0 Å².